The maximum atomic E-state index is 15.8. The molecule has 3 amide bonds. The van der Waals surface area contributed by atoms with E-state index >= 15 is 4.39 Å². The topological polar surface area (TPSA) is 105 Å². The largest absolute Gasteiger partial charge is 0.496 e. The van der Waals surface area contributed by atoms with E-state index in [1.165, 1.54) is 12.0 Å². The molecule has 182 valence electrons. The molecule has 1 heterocycles. The Morgan fingerprint density at radius 1 is 1.15 bits per heavy atom. The lowest BCUT2D eigenvalue weighted by Gasteiger charge is -2.31. The summed E-state index contributed by atoms with van der Waals surface area (Å²) < 4.78 is 46.5. The number of sulfonamides is 1. The number of anilines is 2. The molecule has 1 aliphatic heterocycles. The number of nitrogens with zero attached hydrogens (tertiary/aromatic N) is 1. The first-order valence-electron chi connectivity index (χ1n) is 10.6. The maximum absolute atomic E-state index is 15.8. The van der Waals surface area contributed by atoms with Crippen LogP contribution in [0.25, 0.3) is 12.2 Å². The molecule has 2 aromatic rings. The summed E-state index contributed by atoms with van der Waals surface area (Å²) in [6.07, 6.45) is 4.36. The van der Waals surface area contributed by atoms with Gasteiger partial charge in [0.05, 0.1) is 24.6 Å². The summed E-state index contributed by atoms with van der Waals surface area (Å²) in [5, 5.41) is 2.22. The second kappa shape index (κ2) is 9.46. The summed E-state index contributed by atoms with van der Waals surface area (Å²) >= 11 is 0. The number of benzene rings is 2. The number of carbonyl (C=O) groups excluding carboxylic acids is 2. The Hall–Kier alpha value is -3.40. The zero-order valence-electron chi connectivity index (χ0n) is 19.7. The monoisotopic (exact) mass is 489 g/mol. The van der Waals surface area contributed by atoms with Gasteiger partial charge in [-0.2, -0.15) is 0 Å². The van der Waals surface area contributed by atoms with Crippen LogP contribution in [-0.4, -0.2) is 40.3 Å². The first kappa shape index (κ1) is 25.2. The average molecular weight is 490 g/mol. The van der Waals surface area contributed by atoms with Crippen LogP contribution < -0.4 is 19.7 Å². The van der Waals surface area contributed by atoms with Gasteiger partial charge in [0, 0.05) is 24.2 Å². The molecule has 0 spiro atoms. The lowest BCUT2D eigenvalue weighted by molar-refractivity contribution is -0.120. The van der Waals surface area contributed by atoms with Crippen LogP contribution in [0.2, 0.25) is 0 Å². The maximum Gasteiger partial charge on any atom is 0.328 e. The molecule has 8 nitrogen and oxygen atoms in total. The molecule has 10 heteroatoms. The van der Waals surface area contributed by atoms with Gasteiger partial charge in [-0.05, 0) is 35.3 Å². The van der Waals surface area contributed by atoms with Crippen LogP contribution in [-0.2, 0) is 20.2 Å². The van der Waals surface area contributed by atoms with Gasteiger partial charge in [0.25, 0.3) is 0 Å². The summed E-state index contributed by atoms with van der Waals surface area (Å²) in [5.41, 5.74) is 1.59. The standard InChI is InChI=1S/C24H28FN3O5S/c1-24(2,3)18-14-19(28-13-12-20(29)26-23(28)30)21(25)17(22(18)33-4)11-8-15-6-9-16(10-7-15)27-34(5,31)32/h6-11,14,27H,12-13H2,1-5H3,(H,26,29,30)/b11-8+. The SMILES string of the molecule is COc1c(C(C)(C)C)cc(N2CCC(=O)NC2=O)c(F)c1/C=C/c1ccc(NS(C)(=O)=O)cc1. The van der Waals surface area contributed by atoms with Gasteiger partial charge in [0.2, 0.25) is 15.9 Å². The Morgan fingerprint density at radius 2 is 1.79 bits per heavy atom. The average Bonchev–Trinajstić information content (AvgIpc) is 2.72. The number of ether oxygens (including phenoxy) is 1. The molecule has 1 saturated heterocycles. The molecule has 0 saturated carbocycles. The van der Waals surface area contributed by atoms with Crippen LogP contribution in [0.4, 0.5) is 20.6 Å². The molecular weight excluding hydrogens is 461 g/mol. The predicted molar refractivity (Wildman–Crippen MR) is 131 cm³/mol. The second-order valence-corrected chi connectivity index (χ2v) is 10.8. The highest BCUT2D eigenvalue weighted by molar-refractivity contribution is 7.92. The highest BCUT2D eigenvalue weighted by Gasteiger charge is 2.31. The first-order chi connectivity index (χ1) is 15.8. The van der Waals surface area contributed by atoms with Gasteiger partial charge >= 0.3 is 6.03 Å². The molecule has 2 aromatic carbocycles. The Morgan fingerprint density at radius 3 is 2.32 bits per heavy atom. The fourth-order valence-electron chi connectivity index (χ4n) is 3.62. The summed E-state index contributed by atoms with van der Waals surface area (Å²) in [7, 11) is -1.94. The van der Waals surface area contributed by atoms with Gasteiger partial charge < -0.3 is 4.74 Å². The minimum atomic E-state index is -3.39. The number of nitrogens with one attached hydrogen (secondary N) is 2. The quantitative estimate of drug-likeness (QED) is 0.594. The Labute approximate surface area is 198 Å². The third-order valence-corrected chi connectivity index (χ3v) is 5.85. The first-order valence-corrected chi connectivity index (χ1v) is 12.5. The number of methoxy groups -OCH3 is 1. The van der Waals surface area contributed by atoms with Crippen molar-refractivity contribution in [2.75, 3.05) is 29.5 Å². The predicted octanol–water partition coefficient (Wildman–Crippen LogP) is 4.12. The van der Waals surface area contributed by atoms with Gasteiger partial charge in [0.15, 0.2) is 5.82 Å². The fraction of sp³-hybridized carbons (Fsp3) is 0.333. The minimum Gasteiger partial charge on any atom is -0.496 e. The van der Waals surface area contributed by atoms with E-state index in [4.69, 9.17) is 4.74 Å². The number of rotatable bonds is 6. The van der Waals surface area contributed by atoms with Crippen molar-refractivity contribution >= 4 is 45.5 Å². The van der Waals surface area contributed by atoms with E-state index in [9.17, 15) is 18.0 Å². The van der Waals surface area contributed by atoms with E-state index < -0.39 is 33.2 Å². The van der Waals surface area contributed by atoms with Gasteiger partial charge in [-0.25, -0.2) is 17.6 Å². The van der Waals surface area contributed by atoms with Crippen molar-refractivity contribution in [1.82, 2.24) is 5.32 Å². The summed E-state index contributed by atoms with van der Waals surface area (Å²) in [4.78, 5) is 25.2. The van der Waals surface area contributed by atoms with Gasteiger partial charge in [-0.3, -0.25) is 19.7 Å². The Balaban J connectivity index is 2.08. The van der Waals surface area contributed by atoms with Crippen LogP contribution in [0.15, 0.2) is 30.3 Å². The Kier molecular flexibility index (Phi) is 7.02. The number of hydrogen-bond donors (Lipinski definition) is 2. The van der Waals surface area contributed by atoms with Crippen molar-refractivity contribution in [3.63, 3.8) is 0 Å². The van der Waals surface area contributed by atoms with Crippen LogP contribution in [0, 0.1) is 5.82 Å². The molecule has 1 fully saturated rings. The number of hydrogen-bond acceptors (Lipinski definition) is 5. The lowest BCUT2D eigenvalue weighted by Crippen LogP contribution is -2.50. The van der Waals surface area contributed by atoms with E-state index in [0.717, 1.165) is 6.26 Å². The van der Waals surface area contributed by atoms with Crippen LogP contribution >= 0.6 is 0 Å². The van der Waals surface area contributed by atoms with E-state index in [2.05, 4.69) is 10.0 Å². The van der Waals surface area contributed by atoms with Crippen molar-refractivity contribution in [2.24, 2.45) is 0 Å². The molecule has 1 aliphatic rings. The van der Waals surface area contributed by atoms with Crippen LogP contribution in [0.3, 0.4) is 0 Å². The highest BCUT2D eigenvalue weighted by Crippen LogP contribution is 2.41. The lowest BCUT2D eigenvalue weighted by atomic mass is 9.84. The number of urea groups is 1. The molecule has 2 N–H and O–H groups in total. The highest BCUT2D eigenvalue weighted by atomic mass is 32.2. The molecule has 0 radical (unpaired) electrons. The molecule has 0 atom stereocenters. The zero-order valence-corrected chi connectivity index (χ0v) is 20.5. The van der Waals surface area contributed by atoms with Crippen LogP contribution in [0.1, 0.15) is 43.9 Å². The molecule has 0 bridgehead atoms. The number of amides is 3. The third kappa shape index (κ3) is 5.74. The van der Waals surface area contributed by atoms with Gasteiger partial charge in [-0.15, -0.1) is 0 Å². The molecule has 3 rings (SSSR count). The van der Waals surface area contributed by atoms with Crippen molar-refractivity contribution in [2.45, 2.75) is 32.6 Å². The number of halogens is 1. The molecular formula is C24H28FN3O5S. The molecule has 0 aliphatic carbocycles. The van der Waals surface area contributed by atoms with Gasteiger partial charge in [0.1, 0.15) is 5.75 Å². The summed E-state index contributed by atoms with van der Waals surface area (Å²) in [5.74, 6) is -0.713. The van der Waals surface area contributed by atoms with Crippen molar-refractivity contribution in [1.29, 1.82) is 0 Å². The van der Waals surface area contributed by atoms with E-state index in [1.807, 2.05) is 20.8 Å². The van der Waals surface area contributed by atoms with Gasteiger partial charge in [-0.1, -0.05) is 39.0 Å². The smallest absolute Gasteiger partial charge is 0.328 e. The molecule has 0 aromatic heterocycles. The molecule has 0 unspecified atom stereocenters. The number of imide groups is 1. The van der Waals surface area contributed by atoms with Crippen molar-refractivity contribution in [3.05, 3.63) is 52.8 Å². The third-order valence-electron chi connectivity index (χ3n) is 5.24. The van der Waals surface area contributed by atoms with Crippen molar-refractivity contribution < 1.29 is 27.1 Å². The minimum absolute atomic E-state index is 0.0584. The number of carbonyl (C=O) groups is 2. The Bertz CT molecular complexity index is 1250. The normalized spacial score (nSPS) is 14.9. The van der Waals surface area contributed by atoms with Crippen LogP contribution in [0.5, 0.6) is 5.75 Å². The summed E-state index contributed by atoms with van der Waals surface area (Å²) in [6, 6.07) is 7.48. The zero-order chi connectivity index (χ0) is 25.3. The van der Waals surface area contributed by atoms with E-state index in [0.29, 0.717) is 22.6 Å². The van der Waals surface area contributed by atoms with E-state index in [-0.39, 0.29) is 24.2 Å². The second-order valence-electron chi connectivity index (χ2n) is 9.04. The fourth-order valence-corrected chi connectivity index (χ4v) is 4.18. The summed E-state index contributed by atoms with van der Waals surface area (Å²) in [6.45, 7) is 5.92. The molecule has 34 heavy (non-hydrogen) atoms. The van der Waals surface area contributed by atoms with Crippen molar-refractivity contribution in [3.8, 4) is 5.75 Å². The van der Waals surface area contributed by atoms with E-state index in [1.54, 1.807) is 42.5 Å².